The summed E-state index contributed by atoms with van der Waals surface area (Å²) >= 11 is 0. The number of guanidine groups is 1. The fourth-order valence-corrected chi connectivity index (χ4v) is 7.01. The number of hydrogen-bond donors (Lipinski definition) is 3. The molecular weight excluding hydrogens is 334 g/mol. The van der Waals surface area contributed by atoms with Crippen LogP contribution in [0, 0.1) is 17.8 Å². The van der Waals surface area contributed by atoms with E-state index in [0.29, 0.717) is 12.4 Å². The first kappa shape index (κ1) is 15.9. The maximum Gasteiger partial charge on any atom is 0.193 e. The number of aliphatic hydroxyl groups excluding tert-OH is 1. The smallest absolute Gasteiger partial charge is 0.193 e. The summed E-state index contributed by atoms with van der Waals surface area (Å²) < 4.78 is 0. The largest absolute Gasteiger partial charge is 0.388 e. The zero-order valence-corrected chi connectivity index (χ0v) is 15.6. The van der Waals surface area contributed by atoms with Crippen LogP contribution in [0.1, 0.15) is 55.8 Å². The third kappa shape index (κ3) is 2.42. The quantitative estimate of drug-likeness (QED) is 0.556. The Labute approximate surface area is 159 Å². The van der Waals surface area contributed by atoms with Crippen molar-refractivity contribution in [2.45, 2.75) is 56.6 Å². The van der Waals surface area contributed by atoms with E-state index in [1.807, 2.05) is 12.1 Å². The molecule has 0 saturated heterocycles. The summed E-state index contributed by atoms with van der Waals surface area (Å²) in [4.78, 5) is 5.08. The predicted octanol–water partition coefficient (Wildman–Crippen LogP) is 4.12. The van der Waals surface area contributed by atoms with E-state index in [-0.39, 0.29) is 5.54 Å². The van der Waals surface area contributed by atoms with Gasteiger partial charge in [-0.05, 0) is 78.9 Å². The Morgan fingerprint density at radius 3 is 2.44 bits per heavy atom. The van der Waals surface area contributed by atoms with Crippen molar-refractivity contribution in [2.24, 2.45) is 28.5 Å². The first-order valence-corrected chi connectivity index (χ1v) is 10.4. The Morgan fingerprint density at radius 1 is 1.04 bits per heavy atom. The Morgan fingerprint density at radius 2 is 1.74 bits per heavy atom. The standard InChI is InChI=1S/C23H27N3O/c24-22(26-23-10-13-6-14(11-23)8-15(7-13)12-23)25-19-5-4-16-9-20(27)18-3-1-2-17(19)21(16)18/h1-5,13-15,20,27H,6-12H2,(H3,24,25,26). The molecule has 4 heteroatoms. The second-order valence-corrected chi connectivity index (χ2v) is 9.53. The molecule has 0 aliphatic heterocycles. The lowest BCUT2D eigenvalue weighted by Crippen LogP contribution is -2.50. The Bertz CT molecular complexity index is 928. The molecule has 4 bridgehead atoms. The molecule has 0 radical (unpaired) electrons. The number of nitrogens with zero attached hydrogens (tertiary/aromatic N) is 1. The summed E-state index contributed by atoms with van der Waals surface area (Å²) in [7, 11) is 0. The van der Waals surface area contributed by atoms with E-state index in [2.05, 4.69) is 23.5 Å². The van der Waals surface area contributed by atoms with E-state index in [1.165, 1.54) is 49.5 Å². The minimum atomic E-state index is -0.392. The minimum Gasteiger partial charge on any atom is -0.388 e. The SMILES string of the molecule is NC(=NC12CC3CC(CC(C3)C1)C2)Nc1ccc2c3c(cccc13)C(O)C2. The number of aliphatic hydroxyl groups is 1. The number of anilines is 1. The van der Waals surface area contributed by atoms with Crippen LogP contribution in [0.4, 0.5) is 5.69 Å². The molecule has 0 amide bonds. The van der Waals surface area contributed by atoms with Gasteiger partial charge in [-0.15, -0.1) is 0 Å². The summed E-state index contributed by atoms with van der Waals surface area (Å²) in [6, 6.07) is 10.4. The molecule has 0 spiro atoms. The molecule has 4 saturated carbocycles. The zero-order chi connectivity index (χ0) is 18.2. The van der Waals surface area contributed by atoms with Gasteiger partial charge in [0.15, 0.2) is 5.96 Å². The number of nitrogens with one attached hydrogen (secondary N) is 1. The monoisotopic (exact) mass is 361 g/mol. The van der Waals surface area contributed by atoms with Crippen molar-refractivity contribution in [3.63, 3.8) is 0 Å². The lowest BCUT2D eigenvalue weighted by Gasteiger charge is -2.54. The van der Waals surface area contributed by atoms with Crippen LogP contribution in [0.3, 0.4) is 0 Å². The van der Waals surface area contributed by atoms with Crippen LogP contribution in [-0.4, -0.2) is 16.6 Å². The fraction of sp³-hybridized carbons (Fsp3) is 0.522. The van der Waals surface area contributed by atoms with Crippen molar-refractivity contribution in [1.29, 1.82) is 0 Å². The number of aliphatic imine (C=N–C) groups is 1. The number of nitrogens with two attached hydrogens (primary N) is 1. The van der Waals surface area contributed by atoms with Gasteiger partial charge in [-0.25, -0.2) is 4.99 Å². The van der Waals surface area contributed by atoms with E-state index >= 15 is 0 Å². The van der Waals surface area contributed by atoms with Crippen LogP contribution >= 0.6 is 0 Å². The van der Waals surface area contributed by atoms with Gasteiger partial charge in [-0.2, -0.15) is 0 Å². The van der Waals surface area contributed by atoms with Crippen molar-refractivity contribution >= 4 is 22.4 Å². The van der Waals surface area contributed by atoms with E-state index in [1.54, 1.807) is 0 Å². The summed E-state index contributed by atoms with van der Waals surface area (Å²) in [6.45, 7) is 0. The van der Waals surface area contributed by atoms with Crippen molar-refractivity contribution in [3.8, 4) is 0 Å². The van der Waals surface area contributed by atoms with Crippen molar-refractivity contribution in [3.05, 3.63) is 41.5 Å². The van der Waals surface area contributed by atoms with Gasteiger partial charge in [-0.1, -0.05) is 24.3 Å². The first-order valence-electron chi connectivity index (χ1n) is 10.4. The minimum absolute atomic E-state index is 0.0802. The van der Waals surface area contributed by atoms with Crippen LogP contribution in [0.15, 0.2) is 35.3 Å². The molecule has 1 atom stereocenters. The van der Waals surface area contributed by atoms with E-state index < -0.39 is 6.10 Å². The molecule has 1 unspecified atom stereocenters. The van der Waals surface area contributed by atoms with Crippen molar-refractivity contribution in [1.82, 2.24) is 0 Å². The molecule has 2 aromatic carbocycles. The first-order chi connectivity index (χ1) is 13.1. The van der Waals surface area contributed by atoms with Crippen LogP contribution < -0.4 is 11.1 Å². The molecule has 0 heterocycles. The average Bonchev–Trinajstić information content (AvgIpc) is 2.93. The highest BCUT2D eigenvalue weighted by atomic mass is 16.3. The van der Waals surface area contributed by atoms with Crippen molar-refractivity contribution in [2.75, 3.05) is 5.32 Å². The highest BCUT2D eigenvalue weighted by Crippen LogP contribution is 2.57. The maximum absolute atomic E-state index is 10.3. The van der Waals surface area contributed by atoms with Crippen LogP contribution in [0.25, 0.3) is 10.8 Å². The van der Waals surface area contributed by atoms with Gasteiger partial charge in [0.1, 0.15) is 0 Å². The normalized spacial score (nSPS) is 36.6. The van der Waals surface area contributed by atoms with Crippen molar-refractivity contribution < 1.29 is 5.11 Å². The molecule has 2 aromatic rings. The molecule has 4 N–H and O–H groups in total. The van der Waals surface area contributed by atoms with Gasteiger partial charge in [0.05, 0.1) is 11.6 Å². The van der Waals surface area contributed by atoms with Gasteiger partial charge in [0, 0.05) is 17.5 Å². The second kappa shape index (κ2) is 5.48. The third-order valence-corrected chi connectivity index (χ3v) is 7.56. The molecule has 140 valence electrons. The number of hydrogen-bond acceptors (Lipinski definition) is 2. The second-order valence-electron chi connectivity index (χ2n) is 9.53. The predicted molar refractivity (Wildman–Crippen MR) is 109 cm³/mol. The molecule has 4 nitrogen and oxygen atoms in total. The average molecular weight is 361 g/mol. The zero-order valence-electron chi connectivity index (χ0n) is 15.6. The molecule has 4 fully saturated rings. The highest BCUT2D eigenvalue weighted by molar-refractivity contribution is 6.05. The lowest BCUT2D eigenvalue weighted by molar-refractivity contribution is 0.00163. The Balaban J connectivity index is 1.34. The summed E-state index contributed by atoms with van der Waals surface area (Å²) in [6.07, 6.45) is 8.22. The van der Waals surface area contributed by atoms with Gasteiger partial charge < -0.3 is 16.2 Å². The summed E-state index contributed by atoms with van der Waals surface area (Å²) in [5, 5.41) is 16.0. The highest BCUT2D eigenvalue weighted by Gasteiger charge is 2.51. The molecule has 5 aliphatic carbocycles. The lowest BCUT2D eigenvalue weighted by atomic mass is 9.53. The summed E-state index contributed by atoms with van der Waals surface area (Å²) in [5.74, 6) is 3.15. The maximum atomic E-state index is 10.3. The van der Waals surface area contributed by atoms with Gasteiger partial charge in [0.2, 0.25) is 0 Å². The molecular formula is C23H27N3O. The van der Waals surface area contributed by atoms with E-state index in [4.69, 9.17) is 10.7 Å². The topological polar surface area (TPSA) is 70.6 Å². The third-order valence-electron chi connectivity index (χ3n) is 7.56. The van der Waals surface area contributed by atoms with Gasteiger partial charge in [0.25, 0.3) is 0 Å². The molecule has 7 rings (SSSR count). The van der Waals surface area contributed by atoms with E-state index in [0.717, 1.165) is 34.4 Å². The number of benzene rings is 2. The molecule has 5 aliphatic rings. The van der Waals surface area contributed by atoms with Crippen LogP contribution in [0.2, 0.25) is 0 Å². The van der Waals surface area contributed by atoms with Crippen LogP contribution in [0.5, 0.6) is 0 Å². The van der Waals surface area contributed by atoms with E-state index in [9.17, 15) is 5.11 Å². The number of rotatable bonds is 2. The summed E-state index contributed by atoms with van der Waals surface area (Å²) in [5.41, 5.74) is 9.75. The van der Waals surface area contributed by atoms with Gasteiger partial charge >= 0.3 is 0 Å². The van der Waals surface area contributed by atoms with Gasteiger partial charge in [-0.3, -0.25) is 0 Å². The van der Waals surface area contributed by atoms with Crippen LogP contribution in [-0.2, 0) is 6.42 Å². The molecule has 27 heavy (non-hydrogen) atoms. The fourth-order valence-electron chi connectivity index (χ4n) is 7.01. The molecule has 0 aromatic heterocycles. The Hall–Kier alpha value is -2.07. The Kier molecular flexibility index (Phi) is 3.23.